The standard InChI is InChI=1S/C15H22ClN3O2/c1-10-7-11(8-13(16)18-10)12-9-17-5-6-19(12)14(20)21-15(2,3)4/h7-8,12,17H,5-6,9H2,1-4H3. The van der Waals surface area contributed by atoms with E-state index in [0.29, 0.717) is 18.2 Å². The van der Waals surface area contributed by atoms with Gasteiger partial charge in [-0.15, -0.1) is 0 Å². The van der Waals surface area contributed by atoms with Crippen molar-refractivity contribution >= 4 is 17.7 Å². The molecule has 0 bridgehead atoms. The molecule has 2 rings (SSSR count). The molecule has 0 aliphatic carbocycles. The molecule has 2 heterocycles. The minimum Gasteiger partial charge on any atom is -0.444 e. The van der Waals surface area contributed by atoms with Gasteiger partial charge in [0.2, 0.25) is 0 Å². The van der Waals surface area contributed by atoms with Crippen LogP contribution in [0.25, 0.3) is 0 Å². The zero-order chi connectivity index (χ0) is 15.6. The number of carbonyl (C=O) groups is 1. The van der Waals surface area contributed by atoms with E-state index in [-0.39, 0.29) is 12.1 Å². The Bertz CT molecular complexity index is 508. The number of nitrogens with one attached hydrogen (secondary N) is 1. The molecule has 0 spiro atoms. The van der Waals surface area contributed by atoms with Crippen molar-refractivity contribution in [2.45, 2.75) is 39.3 Å². The molecule has 116 valence electrons. The van der Waals surface area contributed by atoms with Gasteiger partial charge in [0.05, 0.1) is 6.04 Å². The van der Waals surface area contributed by atoms with Crippen LogP contribution >= 0.6 is 11.6 Å². The Hall–Kier alpha value is -1.33. The molecule has 6 heteroatoms. The number of halogens is 1. The number of hydrogen-bond donors (Lipinski definition) is 1. The molecule has 21 heavy (non-hydrogen) atoms. The number of rotatable bonds is 1. The highest BCUT2D eigenvalue weighted by molar-refractivity contribution is 6.29. The second-order valence-electron chi connectivity index (χ2n) is 6.26. The van der Waals surface area contributed by atoms with Crippen molar-refractivity contribution in [1.82, 2.24) is 15.2 Å². The lowest BCUT2D eigenvalue weighted by atomic mass is 10.0. The van der Waals surface area contributed by atoms with E-state index < -0.39 is 5.60 Å². The first kappa shape index (κ1) is 16.0. The van der Waals surface area contributed by atoms with Crippen LogP contribution in [-0.4, -0.2) is 41.2 Å². The lowest BCUT2D eigenvalue weighted by molar-refractivity contribution is 0.0118. The Morgan fingerprint density at radius 2 is 2.19 bits per heavy atom. The largest absolute Gasteiger partial charge is 0.444 e. The molecule has 5 nitrogen and oxygen atoms in total. The number of piperazine rings is 1. The van der Waals surface area contributed by atoms with Crippen LogP contribution in [0.2, 0.25) is 5.15 Å². The first-order valence-electron chi connectivity index (χ1n) is 7.11. The van der Waals surface area contributed by atoms with Crippen molar-refractivity contribution in [3.63, 3.8) is 0 Å². The molecule has 1 unspecified atom stereocenters. The monoisotopic (exact) mass is 311 g/mol. The smallest absolute Gasteiger partial charge is 0.410 e. The van der Waals surface area contributed by atoms with Crippen molar-refractivity contribution in [1.29, 1.82) is 0 Å². The van der Waals surface area contributed by atoms with Crippen LogP contribution in [0, 0.1) is 6.92 Å². The Balaban J connectivity index is 2.24. The van der Waals surface area contributed by atoms with E-state index in [1.807, 2.05) is 39.8 Å². The second-order valence-corrected chi connectivity index (χ2v) is 6.65. The third kappa shape index (κ3) is 4.32. The van der Waals surface area contributed by atoms with Gasteiger partial charge < -0.3 is 10.1 Å². The third-order valence-corrected chi connectivity index (χ3v) is 3.39. The number of aromatic nitrogens is 1. The molecule has 0 radical (unpaired) electrons. The van der Waals surface area contributed by atoms with Gasteiger partial charge in [-0.1, -0.05) is 11.6 Å². The van der Waals surface area contributed by atoms with Gasteiger partial charge in [-0.3, -0.25) is 4.90 Å². The van der Waals surface area contributed by atoms with E-state index in [1.165, 1.54) is 0 Å². The van der Waals surface area contributed by atoms with Gasteiger partial charge in [0.25, 0.3) is 0 Å². The van der Waals surface area contributed by atoms with E-state index in [2.05, 4.69) is 10.3 Å². The van der Waals surface area contributed by atoms with Gasteiger partial charge in [-0.05, 0) is 45.4 Å². The fourth-order valence-electron chi connectivity index (χ4n) is 2.39. The summed E-state index contributed by atoms with van der Waals surface area (Å²) >= 11 is 6.04. The SMILES string of the molecule is Cc1cc(C2CNCCN2C(=O)OC(C)(C)C)cc(Cl)n1. The Kier molecular flexibility index (Phi) is 4.74. The van der Waals surface area contributed by atoms with Crippen molar-refractivity contribution in [3.05, 3.63) is 28.5 Å². The zero-order valence-corrected chi connectivity index (χ0v) is 13.7. The molecule has 1 fully saturated rings. The summed E-state index contributed by atoms with van der Waals surface area (Å²) < 4.78 is 5.50. The van der Waals surface area contributed by atoms with Crippen LogP contribution in [0.3, 0.4) is 0 Å². The van der Waals surface area contributed by atoms with Gasteiger partial charge in [0, 0.05) is 25.3 Å². The average Bonchev–Trinajstić information content (AvgIpc) is 2.35. The molecule has 1 atom stereocenters. The van der Waals surface area contributed by atoms with Crippen LogP contribution in [-0.2, 0) is 4.74 Å². The van der Waals surface area contributed by atoms with Gasteiger partial charge in [0.1, 0.15) is 10.8 Å². The number of pyridine rings is 1. The number of nitrogens with zero attached hydrogens (tertiary/aromatic N) is 2. The van der Waals surface area contributed by atoms with E-state index >= 15 is 0 Å². The normalized spacial score (nSPS) is 19.5. The topological polar surface area (TPSA) is 54.5 Å². The first-order chi connectivity index (χ1) is 9.76. The summed E-state index contributed by atoms with van der Waals surface area (Å²) in [5, 5.41) is 3.75. The summed E-state index contributed by atoms with van der Waals surface area (Å²) in [6.07, 6.45) is -0.292. The van der Waals surface area contributed by atoms with E-state index in [0.717, 1.165) is 17.8 Å². The van der Waals surface area contributed by atoms with Crippen molar-refractivity contribution in [2.75, 3.05) is 19.6 Å². The predicted octanol–water partition coefficient (Wildman–Crippen LogP) is 2.92. The average molecular weight is 312 g/mol. The first-order valence-corrected chi connectivity index (χ1v) is 7.48. The maximum atomic E-state index is 12.4. The number of carbonyl (C=O) groups excluding carboxylic acids is 1. The van der Waals surface area contributed by atoms with Gasteiger partial charge in [-0.2, -0.15) is 0 Å². The molecule has 1 N–H and O–H groups in total. The van der Waals surface area contributed by atoms with Crippen molar-refractivity contribution < 1.29 is 9.53 Å². The maximum absolute atomic E-state index is 12.4. The quantitative estimate of drug-likeness (QED) is 0.810. The van der Waals surface area contributed by atoms with Crippen LogP contribution in [0.15, 0.2) is 12.1 Å². The van der Waals surface area contributed by atoms with E-state index in [4.69, 9.17) is 16.3 Å². The highest BCUT2D eigenvalue weighted by atomic mass is 35.5. The van der Waals surface area contributed by atoms with Gasteiger partial charge in [-0.25, -0.2) is 9.78 Å². The fraction of sp³-hybridized carbons (Fsp3) is 0.600. The van der Waals surface area contributed by atoms with E-state index in [9.17, 15) is 4.79 Å². The number of hydrogen-bond acceptors (Lipinski definition) is 4. The highest BCUT2D eigenvalue weighted by Crippen LogP contribution is 2.26. The van der Waals surface area contributed by atoms with Crippen LogP contribution < -0.4 is 5.32 Å². The van der Waals surface area contributed by atoms with Crippen LogP contribution in [0.1, 0.15) is 38.1 Å². The number of aryl methyl sites for hydroxylation is 1. The Morgan fingerprint density at radius 1 is 1.48 bits per heavy atom. The summed E-state index contributed by atoms with van der Waals surface area (Å²) in [6, 6.07) is 3.68. The summed E-state index contributed by atoms with van der Waals surface area (Å²) in [5.41, 5.74) is 1.32. The minimum absolute atomic E-state index is 0.0900. The Morgan fingerprint density at radius 3 is 2.81 bits per heavy atom. The number of ether oxygens (including phenoxy) is 1. The minimum atomic E-state index is -0.502. The summed E-state index contributed by atoms with van der Waals surface area (Å²) in [7, 11) is 0. The fourth-order valence-corrected chi connectivity index (χ4v) is 2.65. The molecule has 1 amide bonds. The maximum Gasteiger partial charge on any atom is 0.410 e. The number of amides is 1. The van der Waals surface area contributed by atoms with E-state index in [1.54, 1.807) is 4.90 Å². The second kappa shape index (κ2) is 6.20. The summed E-state index contributed by atoms with van der Waals surface area (Å²) in [5.74, 6) is 0. The van der Waals surface area contributed by atoms with Gasteiger partial charge >= 0.3 is 6.09 Å². The molecule has 0 saturated carbocycles. The van der Waals surface area contributed by atoms with Crippen molar-refractivity contribution in [2.24, 2.45) is 0 Å². The Labute approximate surface area is 130 Å². The molecule has 1 aliphatic rings. The molecule has 1 aliphatic heterocycles. The third-order valence-electron chi connectivity index (χ3n) is 3.20. The molecule has 0 aromatic carbocycles. The lowest BCUT2D eigenvalue weighted by Crippen LogP contribution is -2.50. The van der Waals surface area contributed by atoms with Crippen LogP contribution in [0.5, 0.6) is 0 Å². The predicted molar refractivity (Wildman–Crippen MR) is 82.5 cm³/mol. The molecule has 1 saturated heterocycles. The molecule has 1 aromatic heterocycles. The molecular weight excluding hydrogens is 290 g/mol. The summed E-state index contributed by atoms with van der Waals surface area (Å²) in [4.78, 5) is 18.3. The molecule has 1 aromatic rings. The van der Waals surface area contributed by atoms with Gasteiger partial charge in [0.15, 0.2) is 0 Å². The molecular formula is C15H22ClN3O2. The lowest BCUT2D eigenvalue weighted by Gasteiger charge is -2.37. The highest BCUT2D eigenvalue weighted by Gasteiger charge is 2.31. The van der Waals surface area contributed by atoms with Crippen LogP contribution in [0.4, 0.5) is 4.79 Å². The zero-order valence-electron chi connectivity index (χ0n) is 12.9. The summed E-state index contributed by atoms with van der Waals surface area (Å²) in [6.45, 7) is 9.55. The van der Waals surface area contributed by atoms with Crippen molar-refractivity contribution in [3.8, 4) is 0 Å².